The van der Waals surface area contributed by atoms with Crippen molar-refractivity contribution in [1.29, 1.82) is 0 Å². The molecule has 3 nitrogen and oxygen atoms in total. The van der Waals surface area contributed by atoms with Gasteiger partial charge in [0.25, 0.3) is 0 Å². The van der Waals surface area contributed by atoms with E-state index in [-0.39, 0.29) is 16.4 Å². The van der Waals surface area contributed by atoms with Crippen LogP contribution in [0.5, 0.6) is 5.75 Å². The molecule has 0 atom stereocenters. The zero-order chi connectivity index (χ0) is 19.7. The topological polar surface area (TPSA) is 46.5 Å². The van der Waals surface area contributed by atoms with Gasteiger partial charge >= 0.3 is 5.97 Å². The lowest BCUT2D eigenvalue weighted by molar-refractivity contribution is -0.134. The Kier molecular flexibility index (Phi) is 5.84. The van der Waals surface area contributed by atoms with Gasteiger partial charge in [-0.05, 0) is 59.8 Å². The summed E-state index contributed by atoms with van der Waals surface area (Å²) >= 11 is 0. The molecule has 0 unspecified atom stereocenters. The van der Waals surface area contributed by atoms with Crippen LogP contribution in [-0.4, -0.2) is 17.7 Å². The normalized spacial score (nSPS) is 18.7. The summed E-state index contributed by atoms with van der Waals surface area (Å²) in [5.41, 5.74) is 3.12. The van der Waals surface area contributed by atoms with Crippen molar-refractivity contribution in [1.82, 2.24) is 0 Å². The van der Waals surface area contributed by atoms with Gasteiger partial charge < -0.3 is 9.84 Å². The van der Waals surface area contributed by atoms with E-state index in [1.807, 2.05) is 19.1 Å². The summed E-state index contributed by atoms with van der Waals surface area (Å²) in [7, 11) is 0. The number of benzene rings is 1. The van der Waals surface area contributed by atoms with Gasteiger partial charge in [0.05, 0.1) is 6.61 Å². The van der Waals surface area contributed by atoms with Crippen LogP contribution in [0.2, 0.25) is 0 Å². The number of fused-ring (bicyclic) bond motifs is 1. The fourth-order valence-corrected chi connectivity index (χ4v) is 3.75. The number of carbonyl (C=O) groups is 1. The number of allylic oxidation sites excluding steroid dienone is 1. The molecule has 26 heavy (non-hydrogen) atoms. The summed E-state index contributed by atoms with van der Waals surface area (Å²) in [6.45, 7) is 13.1. The molecule has 1 N–H and O–H groups in total. The molecule has 2 rings (SSSR count). The zero-order valence-corrected chi connectivity index (χ0v) is 16.8. The number of rotatable bonds is 6. The van der Waals surface area contributed by atoms with E-state index in [0.717, 1.165) is 24.8 Å². The third-order valence-electron chi connectivity index (χ3n) is 5.55. The van der Waals surface area contributed by atoms with Crippen molar-refractivity contribution in [3.05, 3.63) is 34.6 Å². The predicted octanol–water partition coefficient (Wildman–Crippen LogP) is 6.00. The molecule has 1 aromatic carbocycles. The lowest BCUT2D eigenvalue weighted by Crippen LogP contribution is -2.34. The largest absolute Gasteiger partial charge is 0.493 e. The molecule has 0 saturated heterocycles. The van der Waals surface area contributed by atoms with E-state index in [1.54, 1.807) is 6.92 Å². The first-order valence-corrected chi connectivity index (χ1v) is 9.49. The van der Waals surface area contributed by atoms with E-state index in [0.29, 0.717) is 24.3 Å². The van der Waals surface area contributed by atoms with Crippen molar-refractivity contribution in [2.24, 2.45) is 0 Å². The molecule has 0 aliphatic heterocycles. The van der Waals surface area contributed by atoms with Gasteiger partial charge in [0.15, 0.2) is 0 Å². The SMILES string of the molecule is CCCOc1cc2c(cc1C(CC)=C(F)C(=O)O)C(C)(C)CCC2(C)C. The zero-order valence-electron chi connectivity index (χ0n) is 16.8. The second-order valence-corrected chi connectivity index (χ2v) is 8.46. The van der Waals surface area contributed by atoms with Crippen LogP contribution in [-0.2, 0) is 15.6 Å². The van der Waals surface area contributed by atoms with E-state index in [1.165, 1.54) is 5.56 Å². The number of hydrogen-bond acceptors (Lipinski definition) is 2. The third-order valence-corrected chi connectivity index (χ3v) is 5.55. The summed E-state index contributed by atoms with van der Waals surface area (Å²) < 4.78 is 20.3. The molecule has 0 spiro atoms. The summed E-state index contributed by atoms with van der Waals surface area (Å²) in [6, 6.07) is 3.99. The molecule has 144 valence electrons. The van der Waals surface area contributed by atoms with Gasteiger partial charge in [-0.1, -0.05) is 41.5 Å². The first-order valence-electron chi connectivity index (χ1n) is 9.49. The summed E-state index contributed by atoms with van der Waals surface area (Å²) in [6.07, 6.45) is 3.23. The predicted molar refractivity (Wildman–Crippen MR) is 103 cm³/mol. The second kappa shape index (κ2) is 7.42. The lowest BCUT2D eigenvalue weighted by Gasteiger charge is -2.42. The molecular formula is C22H31FO3. The molecule has 0 amide bonds. The smallest absolute Gasteiger partial charge is 0.365 e. The minimum atomic E-state index is -1.53. The molecule has 0 fully saturated rings. The van der Waals surface area contributed by atoms with E-state index in [9.17, 15) is 9.18 Å². The molecule has 4 heteroatoms. The first kappa shape index (κ1) is 20.5. The highest BCUT2D eigenvalue weighted by Gasteiger charge is 2.38. The average molecular weight is 362 g/mol. The van der Waals surface area contributed by atoms with E-state index >= 15 is 0 Å². The Labute approximate surface area is 156 Å². The van der Waals surface area contributed by atoms with Gasteiger partial charge in [0.2, 0.25) is 5.83 Å². The standard InChI is InChI=1S/C22H31FO3/c1-7-11-26-18-13-17-16(21(3,4)9-10-22(17,5)6)12-15(18)14(8-2)19(23)20(24)25/h12-13H,7-11H2,1-6H3,(H,24,25). The number of ether oxygens (including phenoxy) is 1. The van der Waals surface area contributed by atoms with Crippen molar-refractivity contribution in [3.63, 3.8) is 0 Å². The summed E-state index contributed by atoms with van der Waals surface area (Å²) in [5.74, 6) is -2.04. The van der Waals surface area contributed by atoms with Crippen LogP contribution in [0.1, 0.15) is 83.9 Å². The van der Waals surface area contributed by atoms with Crippen molar-refractivity contribution < 1.29 is 19.0 Å². The average Bonchev–Trinajstić information content (AvgIpc) is 2.57. The van der Waals surface area contributed by atoms with E-state index in [4.69, 9.17) is 9.84 Å². The Morgan fingerprint density at radius 2 is 1.65 bits per heavy atom. The molecule has 1 aromatic rings. The van der Waals surface area contributed by atoms with Gasteiger partial charge in [-0.25, -0.2) is 4.79 Å². The van der Waals surface area contributed by atoms with Crippen LogP contribution in [0.15, 0.2) is 18.0 Å². The van der Waals surface area contributed by atoms with Crippen LogP contribution < -0.4 is 4.74 Å². The maximum absolute atomic E-state index is 14.4. The van der Waals surface area contributed by atoms with Crippen LogP contribution in [0.4, 0.5) is 4.39 Å². The van der Waals surface area contributed by atoms with Crippen molar-refractivity contribution in [3.8, 4) is 5.75 Å². The molecule has 0 radical (unpaired) electrons. The fraction of sp³-hybridized carbons (Fsp3) is 0.591. The van der Waals surface area contributed by atoms with Crippen molar-refractivity contribution in [2.45, 2.75) is 78.1 Å². The maximum Gasteiger partial charge on any atom is 0.365 e. The number of carboxylic acids is 1. The minimum absolute atomic E-state index is 0.00907. The van der Waals surface area contributed by atoms with Gasteiger partial charge in [-0.3, -0.25) is 0 Å². The first-order chi connectivity index (χ1) is 12.0. The molecule has 1 aliphatic rings. The summed E-state index contributed by atoms with van der Waals surface area (Å²) in [5, 5.41) is 9.16. The summed E-state index contributed by atoms with van der Waals surface area (Å²) in [4.78, 5) is 11.2. The highest BCUT2D eigenvalue weighted by Crippen LogP contribution is 2.49. The van der Waals surface area contributed by atoms with Gasteiger partial charge in [0, 0.05) is 11.1 Å². The Morgan fingerprint density at radius 3 is 2.12 bits per heavy atom. The molecule has 1 aliphatic carbocycles. The monoisotopic (exact) mass is 362 g/mol. The van der Waals surface area contributed by atoms with Gasteiger partial charge in [-0.2, -0.15) is 4.39 Å². The number of hydrogen-bond donors (Lipinski definition) is 1. The Hall–Kier alpha value is -1.84. The van der Waals surface area contributed by atoms with Gasteiger partial charge in [-0.15, -0.1) is 0 Å². The fourth-order valence-electron chi connectivity index (χ4n) is 3.75. The van der Waals surface area contributed by atoms with Gasteiger partial charge in [0.1, 0.15) is 5.75 Å². The third kappa shape index (κ3) is 3.79. The quantitative estimate of drug-likeness (QED) is 0.631. The number of aliphatic carboxylic acids is 1. The van der Waals surface area contributed by atoms with E-state index in [2.05, 4.69) is 27.7 Å². The van der Waals surface area contributed by atoms with Crippen LogP contribution in [0.3, 0.4) is 0 Å². The second-order valence-electron chi connectivity index (χ2n) is 8.46. The maximum atomic E-state index is 14.4. The molecular weight excluding hydrogens is 331 g/mol. The Bertz CT molecular complexity index is 729. The molecule has 0 aromatic heterocycles. The highest BCUT2D eigenvalue weighted by molar-refractivity contribution is 5.95. The number of carboxylic acid groups (broad SMARTS) is 1. The Balaban J connectivity index is 2.79. The highest BCUT2D eigenvalue weighted by atomic mass is 19.1. The molecule has 0 heterocycles. The van der Waals surface area contributed by atoms with Crippen molar-refractivity contribution in [2.75, 3.05) is 6.61 Å². The molecule has 0 bridgehead atoms. The van der Waals surface area contributed by atoms with E-state index < -0.39 is 11.8 Å². The number of halogens is 1. The van der Waals surface area contributed by atoms with Crippen LogP contribution in [0.25, 0.3) is 5.57 Å². The lowest BCUT2D eigenvalue weighted by atomic mass is 9.62. The Morgan fingerprint density at radius 1 is 1.12 bits per heavy atom. The van der Waals surface area contributed by atoms with Crippen LogP contribution in [0, 0.1) is 0 Å². The van der Waals surface area contributed by atoms with Crippen molar-refractivity contribution >= 4 is 11.5 Å². The molecule has 0 saturated carbocycles. The van der Waals surface area contributed by atoms with Crippen LogP contribution >= 0.6 is 0 Å². The minimum Gasteiger partial charge on any atom is -0.493 e.